The van der Waals surface area contributed by atoms with E-state index in [-0.39, 0.29) is 0 Å². The van der Waals surface area contributed by atoms with Crippen LogP contribution in [0.25, 0.3) is 27.8 Å². The van der Waals surface area contributed by atoms with Gasteiger partial charge in [0, 0.05) is 34.7 Å². The molecule has 0 unspecified atom stereocenters. The molecule has 2 aliphatic rings. The number of fused-ring (bicyclic) bond motifs is 2. The van der Waals surface area contributed by atoms with Crippen LogP contribution in [0.2, 0.25) is 0 Å². The molecule has 35 heavy (non-hydrogen) atoms. The summed E-state index contributed by atoms with van der Waals surface area (Å²) in [5, 5.41) is 5.69. The second-order valence-electron chi connectivity index (χ2n) is 10.8. The van der Waals surface area contributed by atoms with Crippen molar-refractivity contribution in [2.75, 3.05) is 20.3 Å². The number of hydrogen-bond donors (Lipinski definition) is 1. The zero-order valence-corrected chi connectivity index (χ0v) is 21.2. The fraction of sp³-hybridized carbons (Fsp3) is 0.536. The van der Waals surface area contributed by atoms with Crippen LogP contribution in [-0.2, 0) is 4.74 Å². The molecule has 7 heteroatoms. The first-order valence-electron chi connectivity index (χ1n) is 13.0. The summed E-state index contributed by atoms with van der Waals surface area (Å²) in [6.45, 7) is 8.76. The van der Waals surface area contributed by atoms with Crippen LogP contribution in [0, 0.1) is 18.8 Å². The number of nitrogens with one attached hydrogen (secondary N) is 1. The van der Waals surface area contributed by atoms with Gasteiger partial charge in [-0.05, 0) is 68.1 Å². The van der Waals surface area contributed by atoms with Crippen LogP contribution in [0.4, 0.5) is 0 Å². The van der Waals surface area contributed by atoms with Gasteiger partial charge in [0.05, 0.1) is 37.7 Å². The van der Waals surface area contributed by atoms with E-state index in [4.69, 9.17) is 14.5 Å². The average Bonchev–Trinajstić information content (AvgIpc) is 3.47. The highest BCUT2D eigenvalue weighted by Gasteiger charge is 2.30. The molecule has 1 saturated carbocycles. The zero-order chi connectivity index (χ0) is 24.1. The van der Waals surface area contributed by atoms with Gasteiger partial charge in [-0.25, -0.2) is 9.50 Å². The smallest absolute Gasteiger partial charge is 0.197 e. The summed E-state index contributed by atoms with van der Waals surface area (Å²) in [7, 11) is 1.68. The molecule has 7 nitrogen and oxygen atoms in total. The summed E-state index contributed by atoms with van der Waals surface area (Å²) < 4.78 is 12.8. The Bertz CT molecular complexity index is 1360. The molecule has 0 aromatic carbocycles. The number of H-pyrrole nitrogens is 1. The van der Waals surface area contributed by atoms with E-state index in [0.29, 0.717) is 17.6 Å². The molecule has 1 N–H and O–H groups in total. The molecule has 1 aliphatic heterocycles. The first kappa shape index (κ1) is 22.5. The second kappa shape index (κ2) is 8.94. The lowest BCUT2D eigenvalue weighted by Gasteiger charge is -2.34. The summed E-state index contributed by atoms with van der Waals surface area (Å²) in [6.07, 6.45) is 12.1. The molecule has 1 aliphatic carbocycles. The molecular formula is C28H35N5O2. The Morgan fingerprint density at radius 1 is 1.14 bits per heavy atom. The van der Waals surface area contributed by atoms with Gasteiger partial charge in [-0.15, -0.1) is 0 Å². The standard InChI is InChI=1S/C28H35N5O2/c1-16(2)24-25-17(3)26(20-7-5-18(6-8-20)9-19-13-35-14-19)29-11-22(25)32-27(24)21-10-23(34-4)28-30-15-31-33(28)12-21/h10-12,15-16,18-20,32H,5-9,13-14H2,1-4H3. The maximum absolute atomic E-state index is 5.63. The van der Waals surface area contributed by atoms with Gasteiger partial charge in [0.25, 0.3) is 0 Å². The minimum absolute atomic E-state index is 0.352. The Kier molecular flexibility index (Phi) is 5.75. The zero-order valence-electron chi connectivity index (χ0n) is 21.2. The number of pyridine rings is 2. The molecule has 2 fully saturated rings. The maximum Gasteiger partial charge on any atom is 0.197 e. The number of nitrogens with zero attached hydrogens (tertiary/aromatic N) is 4. The molecule has 0 atom stereocenters. The normalized spacial score (nSPS) is 21.2. The van der Waals surface area contributed by atoms with E-state index in [9.17, 15) is 0 Å². The maximum atomic E-state index is 5.63. The molecule has 0 spiro atoms. The van der Waals surface area contributed by atoms with Gasteiger partial charge < -0.3 is 14.5 Å². The monoisotopic (exact) mass is 473 g/mol. The molecule has 184 valence electrons. The number of aryl methyl sites for hydroxylation is 1. The molecule has 4 aromatic rings. The fourth-order valence-electron chi connectivity index (χ4n) is 6.36. The van der Waals surface area contributed by atoms with Gasteiger partial charge in [-0.3, -0.25) is 4.98 Å². The van der Waals surface area contributed by atoms with E-state index >= 15 is 0 Å². The Balaban J connectivity index is 1.37. The molecular weight excluding hydrogens is 438 g/mol. The van der Waals surface area contributed by atoms with Crippen molar-refractivity contribution in [2.45, 2.75) is 64.7 Å². The van der Waals surface area contributed by atoms with Crippen molar-refractivity contribution in [2.24, 2.45) is 11.8 Å². The van der Waals surface area contributed by atoms with Crippen LogP contribution >= 0.6 is 0 Å². The minimum Gasteiger partial charge on any atom is -0.493 e. The predicted molar refractivity (Wildman–Crippen MR) is 137 cm³/mol. The largest absolute Gasteiger partial charge is 0.493 e. The summed E-state index contributed by atoms with van der Waals surface area (Å²) >= 11 is 0. The van der Waals surface area contributed by atoms with Crippen molar-refractivity contribution in [1.82, 2.24) is 24.6 Å². The predicted octanol–water partition coefficient (Wildman–Crippen LogP) is 6.02. The molecule has 0 radical (unpaired) electrons. The Morgan fingerprint density at radius 2 is 1.94 bits per heavy atom. The van der Waals surface area contributed by atoms with Gasteiger partial charge in [0.1, 0.15) is 6.33 Å². The lowest BCUT2D eigenvalue weighted by molar-refractivity contribution is -0.0448. The molecule has 5 heterocycles. The number of rotatable bonds is 6. The molecule has 4 aromatic heterocycles. The number of hydrogen-bond acceptors (Lipinski definition) is 5. The topological polar surface area (TPSA) is 77.3 Å². The van der Waals surface area contributed by atoms with Gasteiger partial charge in [-0.1, -0.05) is 13.8 Å². The summed E-state index contributed by atoms with van der Waals surface area (Å²) in [4.78, 5) is 13.0. The van der Waals surface area contributed by atoms with E-state index in [1.807, 2.05) is 6.20 Å². The number of aromatic amines is 1. The van der Waals surface area contributed by atoms with Crippen LogP contribution in [0.5, 0.6) is 5.75 Å². The van der Waals surface area contributed by atoms with E-state index in [0.717, 1.165) is 47.5 Å². The first-order chi connectivity index (χ1) is 17.0. The third kappa shape index (κ3) is 3.90. The lowest BCUT2D eigenvalue weighted by atomic mass is 9.75. The Hall–Kier alpha value is -2.93. The van der Waals surface area contributed by atoms with Gasteiger partial charge in [-0.2, -0.15) is 5.10 Å². The molecule has 0 amide bonds. The van der Waals surface area contributed by atoms with Crippen molar-refractivity contribution < 1.29 is 9.47 Å². The van der Waals surface area contributed by atoms with E-state index in [1.165, 1.54) is 54.3 Å². The van der Waals surface area contributed by atoms with E-state index < -0.39 is 0 Å². The lowest BCUT2D eigenvalue weighted by Crippen LogP contribution is -2.30. The molecule has 6 rings (SSSR count). The Morgan fingerprint density at radius 3 is 2.63 bits per heavy atom. The van der Waals surface area contributed by atoms with E-state index in [1.54, 1.807) is 18.0 Å². The fourth-order valence-corrected chi connectivity index (χ4v) is 6.36. The number of ether oxygens (including phenoxy) is 2. The average molecular weight is 474 g/mol. The first-order valence-corrected chi connectivity index (χ1v) is 13.0. The second-order valence-corrected chi connectivity index (χ2v) is 10.8. The highest BCUT2D eigenvalue weighted by molar-refractivity contribution is 5.94. The van der Waals surface area contributed by atoms with Crippen LogP contribution in [0.15, 0.2) is 24.8 Å². The van der Waals surface area contributed by atoms with Crippen LogP contribution in [0.1, 0.15) is 74.6 Å². The van der Waals surface area contributed by atoms with Crippen LogP contribution < -0.4 is 4.74 Å². The highest BCUT2D eigenvalue weighted by Crippen LogP contribution is 2.43. The number of aromatic nitrogens is 5. The van der Waals surface area contributed by atoms with Crippen molar-refractivity contribution in [3.8, 4) is 17.0 Å². The van der Waals surface area contributed by atoms with Crippen LogP contribution in [0.3, 0.4) is 0 Å². The van der Waals surface area contributed by atoms with Gasteiger partial charge >= 0.3 is 0 Å². The summed E-state index contributed by atoms with van der Waals surface area (Å²) in [6, 6.07) is 2.05. The van der Waals surface area contributed by atoms with Crippen molar-refractivity contribution >= 4 is 16.6 Å². The third-order valence-corrected chi connectivity index (χ3v) is 8.19. The molecule has 1 saturated heterocycles. The van der Waals surface area contributed by atoms with Crippen molar-refractivity contribution in [3.05, 3.63) is 41.6 Å². The summed E-state index contributed by atoms with van der Waals surface area (Å²) in [5.74, 6) is 3.28. The van der Waals surface area contributed by atoms with Crippen LogP contribution in [-0.4, -0.2) is 44.9 Å². The summed E-state index contributed by atoms with van der Waals surface area (Å²) in [5.41, 5.74) is 7.93. The molecule has 0 bridgehead atoms. The van der Waals surface area contributed by atoms with Gasteiger partial charge in [0.2, 0.25) is 0 Å². The third-order valence-electron chi connectivity index (χ3n) is 8.19. The Labute approximate surface area is 206 Å². The van der Waals surface area contributed by atoms with Crippen molar-refractivity contribution in [3.63, 3.8) is 0 Å². The highest BCUT2D eigenvalue weighted by atomic mass is 16.5. The minimum atomic E-state index is 0.352. The SMILES string of the molecule is COc1cc(-c2[nH]c3cnc(C4CCC(CC5COC5)CC4)c(C)c3c2C(C)C)cn2ncnc12. The van der Waals surface area contributed by atoms with E-state index in [2.05, 4.69) is 48.1 Å². The van der Waals surface area contributed by atoms with Crippen molar-refractivity contribution in [1.29, 1.82) is 0 Å². The quantitative estimate of drug-likeness (QED) is 0.370. The van der Waals surface area contributed by atoms with Gasteiger partial charge in [0.15, 0.2) is 11.4 Å². The number of methoxy groups -OCH3 is 1.